The molecule has 0 saturated heterocycles. The molecule has 1 heterocycles. The third-order valence-corrected chi connectivity index (χ3v) is 2.99. The van der Waals surface area contributed by atoms with Crippen LogP contribution in [-0.2, 0) is 0 Å². The molecule has 1 atom stereocenters. The minimum absolute atomic E-state index is 0.157. The van der Waals surface area contributed by atoms with Crippen LogP contribution in [0.5, 0.6) is 0 Å². The van der Waals surface area contributed by atoms with Gasteiger partial charge in [-0.25, -0.2) is 0 Å². The van der Waals surface area contributed by atoms with E-state index in [9.17, 15) is 0 Å². The van der Waals surface area contributed by atoms with Gasteiger partial charge in [0.15, 0.2) is 0 Å². The number of benzene rings is 1. The van der Waals surface area contributed by atoms with E-state index >= 15 is 0 Å². The highest BCUT2D eigenvalue weighted by atomic mass is 32.1. The Morgan fingerprint density at radius 2 is 2.06 bits per heavy atom. The molecule has 0 aliphatic heterocycles. The quantitative estimate of drug-likeness (QED) is 0.882. The van der Waals surface area contributed by atoms with E-state index < -0.39 is 0 Å². The molecule has 0 fully saturated rings. The van der Waals surface area contributed by atoms with Crippen LogP contribution in [0, 0.1) is 6.92 Å². The molecule has 3 nitrogen and oxygen atoms in total. The number of rotatable bonds is 4. The van der Waals surface area contributed by atoms with Gasteiger partial charge < -0.3 is 5.32 Å². The summed E-state index contributed by atoms with van der Waals surface area (Å²) < 4.78 is 8.36. The molecular weight excluding hydrogens is 218 g/mol. The lowest BCUT2D eigenvalue weighted by Gasteiger charge is -2.15. The Hall–Kier alpha value is -1.26. The van der Waals surface area contributed by atoms with Crippen molar-refractivity contribution in [1.29, 1.82) is 0 Å². The Labute approximate surface area is 99.9 Å². The van der Waals surface area contributed by atoms with Crippen LogP contribution < -0.4 is 5.32 Å². The zero-order chi connectivity index (χ0) is 11.4. The average Bonchev–Trinajstić information content (AvgIpc) is 2.81. The van der Waals surface area contributed by atoms with E-state index in [1.54, 1.807) is 0 Å². The van der Waals surface area contributed by atoms with E-state index in [4.69, 9.17) is 0 Å². The van der Waals surface area contributed by atoms with Gasteiger partial charge in [-0.1, -0.05) is 36.8 Å². The highest BCUT2D eigenvalue weighted by Gasteiger charge is 2.14. The fraction of sp³-hybridized carbons (Fsp3) is 0.333. The number of nitrogens with zero attached hydrogens (tertiary/aromatic N) is 2. The lowest BCUT2D eigenvalue weighted by atomic mass is 10.0. The van der Waals surface area contributed by atoms with Gasteiger partial charge in [0.25, 0.3) is 0 Å². The SMILES string of the molecule is CCNC(c1ccc(C)cc1)c1cnsn1. The molecule has 0 radical (unpaired) electrons. The van der Waals surface area contributed by atoms with Crippen molar-refractivity contribution < 1.29 is 0 Å². The maximum Gasteiger partial charge on any atom is 0.0957 e. The molecule has 0 bridgehead atoms. The van der Waals surface area contributed by atoms with Crippen molar-refractivity contribution >= 4 is 11.7 Å². The Kier molecular flexibility index (Phi) is 3.64. The third kappa shape index (κ3) is 2.46. The maximum atomic E-state index is 4.30. The zero-order valence-corrected chi connectivity index (χ0v) is 10.3. The van der Waals surface area contributed by atoms with Gasteiger partial charge in [0.2, 0.25) is 0 Å². The van der Waals surface area contributed by atoms with E-state index in [1.807, 2.05) is 6.20 Å². The van der Waals surface area contributed by atoms with E-state index in [2.05, 4.69) is 52.2 Å². The summed E-state index contributed by atoms with van der Waals surface area (Å²) in [6.45, 7) is 5.10. The number of hydrogen-bond acceptors (Lipinski definition) is 4. The highest BCUT2D eigenvalue weighted by molar-refractivity contribution is 6.99. The normalized spacial score (nSPS) is 12.6. The average molecular weight is 233 g/mol. The summed E-state index contributed by atoms with van der Waals surface area (Å²) in [6.07, 6.45) is 1.83. The van der Waals surface area contributed by atoms with Crippen molar-refractivity contribution in [3.63, 3.8) is 0 Å². The van der Waals surface area contributed by atoms with Crippen LogP contribution in [0.15, 0.2) is 30.5 Å². The molecule has 1 aromatic carbocycles. The van der Waals surface area contributed by atoms with Crippen LogP contribution in [0.25, 0.3) is 0 Å². The second-order valence-electron chi connectivity index (χ2n) is 3.73. The molecule has 4 heteroatoms. The van der Waals surface area contributed by atoms with Gasteiger partial charge in [-0.3, -0.25) is 0 Å². The Morgan fingerprint density at radius 1 is 1.31 bits per heavy atom. The third-order valence-electron chi connectivity index (χ3n) is 2.49. The van der Waals surface area contributed by atoms with Gasteiger partial charge in [-0.15, -0.1) is 0 Å². The Bertz CT molecular complexity index is 422. The first kappa shape index (κ1) is 11.2. The fourth-order valence-corrected chi connectivity index (χ4v) is 2.10. The minimum Gasteiger partial charge on any atom is -0.305 e. The van der Waals surface area contributed by atoms with Crippen molar-refractivity contribution in [2.45, 2.75) is 19.9 Å². The second kappa shape index (κ2) is 5.18. The minimum atomic E-state index is 0.157. The Balaban J connectivity index is 2.29. The van der Waals surface area contributed by atoms with Gasteiger partial charge in [0, 0.05) is 0 Å². The van der Waals surface area contributed by atoms with Gasteiger partial charge in [0.05, 0.1) is 29.7 Å². The first-order valence-corrected chi connectivity index (χ1v) is 6.11. The van der Waals surface area contributed by atoms with E-state index in [0.717, 1.165) is 12.2 Å². The highest BCUT2D eigenvalue weighted by Crippen LogP contribution is 2.20. The van der Waals surface area contributed by atoms with Crippen LogP contribution in [0.4, 0.5) is 0 Å². The van der Waals surface area contributed by atoms with Gasteiger partial charge in [-0.05, 0) is 19.0 Å². The van der Waals surface area contributed by atoms with Crippen LogP contribution in [0.3, 0.4) is 0 Å². The van der Waals surface area contributed by atoms with E-state index in [-0.39, 0.29) is 6.04 Å². The first-order chi connectivity index (χ1) is 7.81. The molecular formula is C12H15N3S. The summed E-state index contributed by atoms with van der Waals surface area (Å²) in [5.74, 6) is 0. The molecule has 0 saturated carbocycles. The molecule has 0 amide bonds. The first-order valence-electron chi connectivity index (χ1n) is 5.38. The van der Waals surface area contributed by atoms with Gasteiger partial charge in [0.1, 0.15) is 0 Å². The predicted octanol–water partition coefficient (Wildman–Crippen LogP) is 2.55. The molecule has 84 valence electrons. The summed E-state index contributed by atoms with van der Waals surface area (Å²) in [6, 6.07) is 8.69. The molecule has 0 aliphatic carbocycles. The van der Waals surface area contributed by atoms with Crippen molar-refractivity contribution in [3.05, 3.63) is 47.3 Å². The molecule has 2 aromatic rings. The van der Waals surface area contributed by atoms with Gasteiger partial charge in [-0.2, -0.15) is 8.75 Å². The van der Waals surface area contributed by atoms with Crippen molar-refractivity contribution in [2.24, 2.45) is 0 Å². The standard InChI is InChI=1S/C12H15N3S/c1-3-13-12(11-8-14-16-15-11)10-6-4-9(2)5-7-10/h4-8,12-13H,3H2,1-2H3. The van der Waals surface area contributed by atoms with E-state index in [1.165, 1.54) is 22.9 Å². The molecule has 16 heavy (non-hydrogen) atoms. The van der Waals surface area contributed by atoms with Crippen molar-refractivity contribution in [3.8, 4) is 0 Å². The maximum absolute atomic E-state index is 4.30. The summed E-state index contributed by atoms with van der Waals surface area (Å²) in [7, 11) is 0. The smallest absolute Gasteiger partial charge is 0.0957 e. The molecule has 0 spiro atoms. The lowest BCUT2D eigenvalue weighted by molar-refractivity contribution is 0.620. The molecule has 1 aromatic heterocycles. The Morgan fingerprint density at radius 3 is 2.62 bits per heavy atom. The second-order valence-corrected chi connectivity index (χ2v) is 4.29. The van der Waals surface area contributed by atoms with Crippen LogP contribution in [0.2, 0.25) is 0 Å². The number of hydrogen-bond donors (Lipinski definition) is 1. The van der Waals surface area contributed by atoms with E-state index in [0.29, 0.717) is 0 Å². The summed E-state index contributed by atoms with van der Waals surface area (Å²) in [5.41, 5.74) is 3.51. The van der Waals surface area contributed by atoms with Crippen LogP contribution in [-0.4, -0.2) is 15.3 Å². The molecule has 0 aliphatic rings. The molecule has 2 rings (SSSR count). The van der Waals surface area contributed by atoms with Crippen molar-refractivity contribution in [2.75, 3.05) is 6.54 Å². The zero-order valence-electron chi connectivity index (χ0n) is 9.47. The number of aryl methyl sites for hydroxylation is 1. The van der Waals surface area contributed by atoms with Crippen molar-refractivity contribution in [1.82, 2.24) is 14.1 Å². The van der Waals surface area contributed by atoms with Crippen LogP contribution in [0.1, 0.15) is 29.8 Å². The predicted molar refractivity (Wildman–Crippen MR) is 66.6 cm³/mol. The summed E-state index contributed by atoms with van der Waals surface area (Å²) in [4.78, 5) is 0. The number of nitrogens with one attached hydrogen (secondary N) is 1. The summed E-state index contributed by atoms with van der Waals surface area (Å²) in [5, 5.41) is 3.42. The largest absolute Gasteiger partial charge is 0.305 e. The van der Waals surface area contributed by atoms with Crippen LogP contribution >= 0.6 is 11.7 Å². The molecule has 1 unspecified atom stereocenters. The topological polar surface area (TPSA) is 37.8 Å². The number of aromatic nitrogens is 2. The van der Waals surface area contributed by atoms with Gasteiger partial charge >= 0.3 is 0 Å². The molecule has 1 N–H and O–H groups in total. The monoisotopic (exact) mass is 233 g/mol. The lowest BCUT2D eigenvalue weighted by Crippen LogP contribution is -2.22. The summed E-state index contributed by atoms with van der Waals surface area (Å²) >= 11 is 1.25. The fourth-order valence-electron chi connectivity index (χ4n) is 1.66.